The molecule has 1 aromatic heterocycles. The van der Waals surface area contributed by atoms with Crippen LogP contribution in [0.2, 0.25) is 0 Å². The Morgan fingerprint density at radius 2 is 1.71 bits per heavy atom. The molecule has 6 heteroatoms. The van der Waals surface area contributed by atoms with E-state index >= 15 is 0 Å². The van der Waals surface area contributed by atoms with Gasteiger partial charge in [0.25, 0.3) is 10.0 Å². The van der Waals surface area contributed by atoms with Crippen LogP contribution in [0.5, 0.6) is 0 Å². The summed E-state index contributed by atoms with van der Waals surface area (Å²) in [4.78, 5) is 6.03. The predicted octanol–water partition coefficient (Wildman–Crippen LogP) is 3.17. The molecule has 0 radical (unpaired) electrons. The number of hydrogen-bond donors (Lipinski definition) is 0. The monoisotopic (exact) mass is 335 g/mol. The van der Waals surface area contributed by atoms with Crippen LogP contribution in [0, 0.1) is 0 Å². The quantitative estimate of drug-likeness (QED) is 0.846. The van der Waals surface area contributed by atoms with Gasteiger partial charge in [0.15, 0.2) is 5.84 Å². The van der Waals surface area contributed by atoms with Gasteiger partial charge in [0.2, 0.25) is 0 Å². The van der Waals surface area contributed by atoms with E-state index in [0.29, 0.717) is 5.84 Å². The van der Waals surface area contributed by atoms with Crippen LogP contribution in [0.4, 0.5) is 0 Å². The van der Waals surface area contributed by atoms with E-state index in [9.17, 15) is 8.42 Å². The summed E-state index contributed by atoms with van der Waals surface area (Å²) < 4.78 is 27.4. The minimum atomic E-state index is -3.56. The largest absolute Gasteiger partial charge is 0.307 e. The highest BCUT2D eigenvalue weighted by Gasteiger charge is 2.23. The molecule has 2 aromatic rings. The first-order valence-corrected chi connectivity index (χ1v) is 8.85. The lowest BCUT2D eigenvalue weighted by Crippen LogP contribution is -2.27. The zero-order chi connectivity index (χ0) is 16.6. The van der Waals surface area contributed by atoms with Crippen molar-refractivity contribution in [3.8, 4) is 11.3 Å². The zero-order valence-corrected chi connectivity index (χ0v) is 13.4. The Labute approximate surface area is 140 Å². The number of benzene rings is 1. The highest BCUT2D eigenvalue weighted by molar-refractivity contribution is 7.93. The average molecular weight is 335 g/mol. The number of hydrogen-bond acceptors (Lipinski definition) is 4. The number of amidine groups is 1. The molecule has 0 atom stereocenters. The summed E-state index contributed by atoms with van der Waals surface area (Å²) in [6, 6.07) is 13.6. The molecule has 2 aliphatic heterocycles. The molecule has 0 N–H and O–H groups in total. The van der Waals surface area contributed by atoms with E-state index in [1.54, 1.807) is 17.3 Å². The van der Waals surface area contributed by atoms with Gasteiger partial charge in [-0.25, -0.2) is 0 Å². The Bertz CT molecular complexity index is 1000. The number of rotatable bonds is 2. The fourth-order valence-corrected chi connectivity index (χ4v) is 3.39. The van der Waals surface area contributed by atoms with Crippen LogP contribution < -0.4 is 0 Å². The van der Waals surface area contributed by atoms with E-state index in [1.807, 2.05) is 54.6 Å². The molecule has 0 amide bonds. The number of sulfonamides is 1. The van der Waals surface area contributed by atoms with E-state index in [4.69, 9.17) is 0 Å². The second-order valence-electron chi connectivity index (χ2n) is 5.34. The lowest BCUT2D eigenvalue weighted by Gasteiger charge is -2.25. The molecule has 0 saturated carbocycles. The summed E-state index contributed by atoms with van der Waals surface area (Å²) in [7, 11) is -3.56. The predicted molar refractivity (Wildman–Crippen MR) is 94.1 cm³/mol. The number of fused-ring (bicyclic) bond motifs is 1. The molecule has 0 spiro atoms. The van der Waals surface area contributed by atoms with Crippen molar-refractivity contribution in [1.82, 2.24) is 9.88 Å². The summed E-state index contributed by atoms with van der Waals surface area (Å²) in [5.74, 6) is 0.408. The molecule has 0 fully saturated rings. The summed E-state index contributed by atoms with van der Waals surface area (Å²) in [6.07, 6.45) is 8.76. The molecule has 0 aliphatic carbocycles. The van der Waals surface area contributed by atoms with Crippen molar-refractivity contribution in [2.45, 2.75) is 0 Å². The molecule has 5 nitrogen and oxygen atoms in total. The number of aromatic nitrogens is 1. The molecule has 1 aromatic carbocycles. The van der Waals surface area contributed by atoms with E-state index in [-0.39, 0.29) is 0 Å². The van der Waals surface area contributed by atoms with Crippen LogP contribution >= 0.6 is 0 Å². The Morgan fingerprint density at radius 1 is 0.917 bits per heavy atom. The van der Waals surface area contributed by atoms with E-state index in [2.05, 4.69) is 9.38 Å². The Kier molecular flexibility index (Phi) is 3.39. The molecule has 24 heavy (non-hydrogen) atoms. The second-order valence-corrected chi connectivity index (χ2v) is 6.82. The van der Waals surface area contributed by atoms with Crippen molar-refractivity contribution >= 4 is 21.4 Å². The Hall–Kier alpha value is -2.99. The smallest absolute Gasteiger partial charge is 0.278 e. The first-order valence-electron chi connectivity index (χ1n) is 7.35. The molecule has 0 saturated heterocycles. The lowest BCUT2D eigenvalue weighted by atomic mass is 10.00. The standard InChI is InChI=1S/C18H13N3O2S/c22-24(23)13-12-21-11-3-4-16(18(21)20-24)14-6-8-15(9-7-14)17-5-1-2-10-19-17/h1-13H. The molecule has 4 rings (SSSR count). The van der Waals surface area contributed by atoms with Gasteiger partial charge < -0.3 is 4.90 Å². The highest BCUT2D eigenvalue weighted by atomic mass is 32.2. The van der Waals surface area contributed by atoms with Gasteiger partial charge in [-0.2, -0.15) is 8.42 Å². The second kappa shape index (κ2) is 5.58. The topological polar surface area (TPSA) is 62.6 Å². The van der Waals surface area contributed by atoms with Crippen molar-refractivity contribution in [1.29, 1.82) is 0 Å². The van der Waals surface area contributed by atoms with Crippen molar-refractivity contribution in [3.63, 3.8) is 0 Å². The summed E-state index contributed by atoms with van der Waals surface area (Å²) in [5.41, 5.74) is 3.55. The molecule has 118 valence electrons. The fraction of sp³-hybridized carbons (Fsp3) is 0. The van der Waals surface area contributed by atoms with Gasteiger partial charge in [0, 0.05) is 29.7 Å². The van der Waals surface area contributed by atoms with E-state index < -0.39 is 10.0 Å². The molecule has 0 unspecified atom stereocenters. The van der Waals surface area contributed by atoms with Crippen LogP contribution in [-0.2, 0) is 10.0 Å². The third-order valence-electron chi connectivity index (χ3n) is 3.76. The molecule has 3 heterocycles. The number of nitrogens with zero attached hydrogens (tertiary/aromatic N) is 3. The first kappa shape index (κ1) is 14.6. The summed E-state index contributed by atoms with van der Waals surface area (Å²) in [6.45, 7) is 0. The van der Waals surface area contributed by atoms with E-state index in [0.717, 1.165) is 27.8 Å². The van der Waals surface area contributed by atoms with Crippen molar-refractivity contribution in [2.24, 2.45) is 4.40 Å². The van der Waals surface area contributed by atoms with Crippen molar-refractivity contribution in [3.05, 3.63) is 84.2 Å². The third-order valence-corrected chi connectivity index (χ3v) is 4.65. The maximum absolute atomic E-state index is 11.8. The van der Waals surface area contributed by atoms with Crippen molar-refractivity contribution < 1.29 is 8.42 Å². The number of allylic oxidation sites excluding steroid dienone is 2. The van der Waals surface area contributed by atoms with Gasteiger partial charge in [-0.05, 0) is 29.8 Å². The fourth-order valence-electron chi connectivity index (χ4n) is 2.61. The minimum absolute atomic E-state index is 0.408. The van der Waals surface area contributed by atoms with Gasteiger partial charge in [-0.1, -0.05) is 30.3 Å². The van der Waals surface area contributed by atoms with Gasteiger partial charge in [0.1, 0.15) is 0 Å². The van der Waals surface area contributed by atoms with Crippen LogP contribution in [0.25, 0.3) is 16.8 Å². The van der Waals surface area contributed by atoms with Crippen LogP contribution in [0.1, 0.15) is 5.56 Å². The molecular weight excluding hydrogens is 322 g/mol. The summed E-state index contributed by atoms with van der Waals surface area (Å²) in [5, 5.41) is 1.09. The lowest BCUT2D eigenvalue weighted by molar-refractivity contribution is 0.602. The normalized spacial score (nSPS) is 17.9. The maximum Gasteiger partial charge on any atom is 0.278 e. The van der Waals surface area contributed by atoms with E-state index in [1.165, 1.54) is 6.20 Å². The zero-order valence-electron chi connectivity index (χ0n) is 12.6. The molecule has 2 aliphatic rings. The maximum atomic E-state index is 11.8. The molecular formula is C18H13N3O2S. The first-order chi connectivity index (χ1) is 11.6. The number of pyridine rings is 1. The van der Waals surface area contributed by atoms with Gasteiger partial charge in [-0.3, -0.25) is 4.98 Å². The Morgan fingerprint density at radius 3 is 2.46 bits per heavy atom. The van der Waals surface area contributed by atoms with Crippen molar-refractivity contribution in [2.75, 3.05) is 0 Å². The Balaban J connectivity index is 1.72. The van der Waals surface area contributed by atoms with Gasteiger partial charge in [0.05, 0.1) is 11.1 Å². The SMILES string of the molecule is O=S1(=O)C=CN2C=CC=C(c3ccc(-c4ccccn4)cc3)C2=N1. The van der Waals surface area contributed by atoms with Crippen LogP contribution in [-0.4, -0.2) is 24.1 Å². The van der Waals surface area contributed by atoms with Gasteiger partial charge >= 0.3 is 0 Å². The average Bonchev–Trinajstić information content (AvgIpc) is 2.61. The highest BCUT2D eigenvalue weighted by Crippen LogP contribution is 2.27. The molecule has 0 bridgehead atoms. The minimum Gasteiger partial charge on any atom is -0.307 e. The summed E-state index contributed by atoms with van der Waals surface area (Å²) >= 11 is 0. The van der Waals surface area contributed by atoms with Gasteiger partial charge in [-0.15, -0.1) is 4.40 Å². The van der Waals surface area contributed by atoms with Crippen LogP contribution in [0.15, 0.2) is 83.0 Å². The van der Waals surface area contributed by atoms with Crippen LogP contribution in [0.3, 0.4) is 0 Å². The third kappa shape index (κ3) is 2.68.